The number of aromatic nitrogens is 2. The molecule has 0 aliphatic carbocycles. The fourth-order valence-corrected chi connectivity index (χ4v) is 1.27. The topological polar surface area (TPSA) is 54.2 Å². The molecule has 2 N–H and O–H groups in total. The lowest BCUT2D eigenvalue weighted by molar-refractivity contribution is 0.689. The molecule has 0 unspecified atom stereocenters. The number of aryl methyl sites for hydroxylation is 1. The lowest BCUT2D eigenvalue weighted by Gasteiger charge is -2.05. The molecule has 70 valence electrons. The van der Waals surface area contributed by atoms with Crippen molar-refractivity contribution in [1.82, 2.24) is 20.4 Å². The first kappa shape index (κ1) is 8.10. The molecule has 0 fully saturated rings. The van der Waals surface area contributed by atoms with Crippen LogP contribution in [-0.4, -0.2) is 28.8 Å². The number of nitrogens with zero attached hydrogens (tertiary/aromatic N) is 3. The van der Waals surface area contributed by atoms with Crippen molar-refractivity contribution in [2.45, 2.75) is 6.54 Å². The molecule has 5 nitrogen and oxygen atoms in total. The highest BCUT2D eigenvalue weighted by molar-refractivity contribution is 5.81. The van der Waals surface area contributed by atoms with Crippen LogP contribution in [0.15, 0.2) is 17.3 Å². The number of rotatable bonds is 2. The second-order valence-electron chi connectivity index (χ2n) is 2.96. The quantitative estimate of drug-likeness (QED) is 0.641. The number of hydrogen-bond donors (Lipinski definition) is 2. The minimum atomic E-state index is 0.766. The van der Waals surface area contributed by atoms with Crippen molar-refractivity contribution in [3.05, 3.63) is 18.0 Å². The number of aliphatic imine (C=N–C) groups is 1. The van der Waals surface area contributed by atoms with Crippen molar-refractivity contribution in [3.8, 4) is 0 Å². The van der Waals surface area contributed by atoms with E-state index in [-0.39, 0.29) is 0 Å². The zero-order valence-electron chi connectivity index (χ0n) is 7.62. The largest absolute Gasteiger partial charge is 0.355 e. The molecule has 0 saturated carbocycles. The summed E-state index contributed by atoms with van der Waals surface area (Å²) in [5.74, 6) is 0.890. The SMILES string of the molecule is Cn1nccc1CNC1=NCCN1. The van der Waals surface area contributed by atoms with E-state index in [9.17, 15) is 0 Å². The lowest BCUT2D eigenvalue weighted by Crippen LogP contribution is -2.33. The molecular formula is C8H13N5. The van der Waals surface area contributed by atoms with Crippen LogP contribution in [0.5, 0.6) is 0 Å². The number of hydrogen-bond acceptors (Lipinski definition) is 4. The van der Waals surface area contributed by atoms with E-state index in [1.165, 1.54) is 0 Å². The fraction of sp³-hybridized carbons (Fsp3) is 0.500. The smallest absolute Gasteiger partial charge is 0.191 e. The van der Waals surface area contributed by atoms with Crippen LogP contribution >= 0.6 is 0 Å². The van der Waals surface area contributed by atoms with Gasteiger partial charge in [-0.05, 0) is 6.07 Å². The molecule has 0 bridgehead atoms. The molecule has 0 amide bonds. The summed E-state index contributed by atoms with van der Waals surface area (Å²) >= 11 is 0. The molecule has 0 aromatic carbocycles. The summed E-state index contributed by atoms with van der Waals surface area (Å²) in [4.78, 5) is 4.23. The van der Waals surface area contributed by atoms with Crippen LogP contribution in [0.2, 0.25) is 0 Å². The minimum Gasteiger partial charge on any atom is -0.355 e. The van der Waals surface area contributed by atoms with Gasteiger partial charge in [0.1, 0.15) is 0 Å². The van der Waals surface area contributed by atoms with Gasteiger partial charge < -0.3 is 10.6 Å². The second-order valence-corrected chi connectivity index (χ2v) is 2.96. The maximum atomic E-state index is 4.23. The molecule has 13 heavy (non-hydrogen) atoms. The van der Waals surface area contributed by atoms with E-state index in [2.05, 4.69) is 20.7 Å². The highest BCUT2D eigenvalue weighted by Crippen LogP contribution is 1.95. The molecule has 0 radical (unpaired) electrons. The van der Waals surface area contributed by atoms with Crippen LogP contribution < -0.4 is 10.6 Å². The number of guanidine groups is 1. The monoisotopic (exact) mass is 179 g/mol. The molecule has 0 saturated heterocycles. The molecule has 2 rings (SSSR count). The molecule has 1 aliphatic rings. The van der Waals surface area contributed by atoms with Gasteiger partial charge >= 0.3 is 0 Å². The van der Waals surface area contributed by atoms with E-state index < -0.39 is 0 Å². The zero-order valence-corrected chi connectivity index (χ0v) is 7.62. The maximum absolute atomic E-state index is 4.23. The van der Waals surface area contributed by atoms with Gasteiger partial charge in [-0.1, -0.05) is 0 Å². The normalized spacial score (nSPS) is 15.3. The van der Waals surface area contributed by atoms with E-state index in [0.717, 1.165) is 31.3 Å². The predicted molar refractivity (Wildman–Crippen MR) is 50.4 cm³/mol. The summed E-state index contributed by atoms with van der Waals surface area (Å²) in [6, 6.07) is 1.99. The Morgan fingerprint density at radius 1 is 1.69 bits per heavy atom. The van der Waals surface area contributed by atoms with Gasteiger partial charge in [0.25, 0.3) is 0 Å². The fourth-order valence-electron chi connectivity index (χ4n) is 1.27. The van der Waals surface area contributed by atoms with E-state index in [1.54, 1.807) is 6.20 Å². The van der Waals surface area contributed by atoms with Crippen molar-refractivity contribution >= 4 is 5.96 Å². The van der Waals surface area contributed by atoms with Gasteiger partial charge in [-0.15, -0.1) is 0 Å². The Hall–Kier alpha value is -1.52. The Morgan fingerprint density at radius 3 is 3.23 bits per heavy atom. The zero-order chi connectivity index (χ0) is 9.10. The van der Waals surface area contributed by atoms with Gasteiger partial charge in [0.05, 0.1) is 18.8 Å². The summed E-state index contributed by atoms with van der Waals surface area (Å²) < 4.78 is 1.85. The standard InChI is InChI=1S/C8H13N5/c1-13-7(2-3-12-13)6-11-8-9-4-5-10-8/h2-3H,4-6H2,1H3,(H2,9,10,11). The molecule has 1 aromatic heterocycles. The molecule has 0 spiro atoms. The van der Waals surface area contributed by atoms with Crippen LogP contribution in [0, 0.1) is 0 Å². The van der Waals surface area contributed by atoms with Gasteiger partial charge in [0.15, 0.2) is 5.96 Å². The Bertz CT molecular complexity index is 314. The first-order valence-electron chi connectivity index (χ1n) is 4.35. The van der Waals surface area contributed by atoms with Crippen molar-refractivity contribution in [3.63, 3.8) is 0 Å². The first-order chi connectivity index (χ1) is 6.36. The summed E-state index contributed by atoms with van der Waals surface area (Å²) in [6.07, 6.45) is 1.79. The van der Waals surface area contributed by atoms with Gasteiger partial charge in [-0.2, -0.15) is 5.10 Å². The van der Waals surface area contributed by atoms with Crippen molar-refractivity contribution < 1.29 is 0 Å². The Balaban J connectivity index is 1.89. The van der Waals surface area contributed by atoms with Gasteiger partial charge in [0.2, 0.25) is 0 Å². The number of nitrogens with one attached hydrogen (secondary N) is 2. The van der Waals surface area contributed by atoms with Crippen molar-refractivity contribution in [2.24, 2.45) is 12.0 Å². The van der Waals surface area contributed by atoms with Crippen LogP contribution in [0.4, 0.5) is 0 Å². The van der Waals surface area contributed by atoms with Crippen molar-refractivity contribution in [2.75, 3.05) is 13.1 Å². The van der Waals surface area contributed by atoms with Gasteiger partial charge in [0, 0.05) is 19.8 Å². The highest BCUT2D eigenvalue weighted by Gasteiger charge is 2.04. The summed E-state index contributed by atoms with van der Waals surface area (Å²) in [7, 11) is 1.93. The third-order valence-corrected chi connectivity index (χ3v) is 2.03. The Kier molecular flexibility index (Phi) is 2.16. The molecular weight excluding hydrogens is 166 g/mol. The Morgan fingerprint density at radius 2 is 2.62 bits per heavy atom. The molecule has 0 atom stereocenters. The molecule has 5 heteroatoms. The summed E-state index contributed by atoms with van der Waals surface area (Å²) in [6.45, 7) is 2.57. The van der Waals surface area contributed by atoms with E-state index >= 15 is 0 Å². The summed E-state index contributed by atoms with van der Waals surface area (Å²) in [5, 5.41) is 10.4. The van der Waals surface area contributed by atoms with Crippen LogP contribution in [0.25, 0.3) is 0 Å². The maximum Gasteiger partial charge on any atom is 0.191 e. The molecule has 2 heterocycles. The minimum absolute atomic E-state index is 0.766. The average Bonchev–Trinajstić information content (AvgIpc) is 2.72. The van der Waals surface area contributed by atoms with E-state index in [1.807, 2.05) is 17.8 Å². The Labute approximate surface area is 76.9 Å². The van der Waals surface area contributed by atoms with Crippen LogP contribution in [-0.2, 0) is 13.6 Å². The third kappa shape index (κ3) is 1.80. The third-order valence-electron chi connectivity index (χ3n) is 2.03. The first-order valence-corrected chi connectivity index (χ1v) is 4.35. The van der Waals surface area contributed by atoms with Gasteiger partial charge in [-0.3, -0.25) is 9.67 Å². The highest BCUT2D eigenvalue weighted by atomic mass is 15.3. The molecule has 1 aliphatic heterocycles. The second kappa shape index (κ2) is 3.47. The van der Waals surface area contributed by atoms with E-state index in [4.69, 9.17) is 0 Å². The average molecular weight is 179 g/mol. The molecule has 1 aromatic rings. The summed E-state index contributed by atoms with van der Waals surface area (Å²) in [5.41, 5.74) is 1.15. The van der Waals surface area contributed by atoms with E-state index in [0.29, 0.717) is 0 Å². The van der Waals surface area contributed by atoms with Gasteiger partial charge in [-0.25, -0.2) is 0 Å². The predicted octanol–water partition coefficient (Wildman–Crippen LogP) is -0.531. The van der Waals surface area contributed by atoms with Crippen molar-refractivity contribution in [1.29, 1.82) is 0 Å². The van der Waals surface area contributed by atoms with Crippen LogP contribution in [0.1, 0.15) is 5.69 Å². The lowest BCUT2D eigenvalue weighted by atomic mass is 10.4. The van der Waals surface area contributed by atoms with Crippen LogP contribution in [0.3, 0.4) is 0 Å².